The second-order valence-corrected chi connectivity index (χ2v) is 7.11. The van der Waals surface area contributed by atoms with Gasteiger partial charge in [0.15, 0.2) is 0 Å². The number of benzene rings is 1. The molecule has 128 valence electrons. The third-order valence-corrected chi connectivity index (χ3v) is 4.09. The molecule has 1 aromatic heterocycles. The van der Waals surface area contributed by atoms with Gasteiger partial charge in [-0.1, -0.05) is 32.9 Å². The van der Waals surface area contributed by atoms with Gasteiger partial charge < -0.3 is 10.4 Å². The van der Waals surface area contributed by atoms with E-state index < -0.39 is 0 Å². The Balaban J connectivity index is 2.39. The standard InChI is InChI=1S/C19H23ClN2O2/c1-19(2,3)16-8-14(7-13-5-4-6-21-11-13)18(24)15(9-16)12-22-17(23)10-20/h4-6,8-9,11,24H,7,10,12H2,1-3H3,(H,22,23). The second-order valence-electron chi connectivity index (χ2n) is 6.84. The summed E-state index contributed by atoms with van der Waals surface area (Å²) in [6, 6.07) is 7.82. The molecule has 1 amide bonds. The van der Waals surface area contributed by atoms with Crippen LogP contribution < -0.4 is 5.32 Å². The maximum atomic E-state index is 11.4. The minimum atomic E-state index is -0.258. The van der Waals surface area contributed by atoms with Crippen LogP contribution in [0.3, 0.4) is 0 Å². The van der Waals surface area contributed by atoms with E-state index in [1.54, 1.807) is 12.4 Å². The zero-order valence-electron chi connectivity index (χ0n) is 14.3. The van der Waals surface area contributed by atoms with Gasteiger partial charge in [0.2, 0.25) is 5.91 Å². The smallest absolute Gasteiger partial charge is 0.235 e. The maximum absolute atomic E-state index is 11.4. The normalized spacial score (nSPS) is 11.3. The van der Waals surface area contributed by atoms with Crippen LogP contribution in [0, 0.1) is 0 Å². The van der Waals surface area contributed by atoms with Crippen molar-refractivity contribution in [2.24, 2.45) is 0 Å². The van der Waals surface area contributed by atoms with Gasteiger partial charge in [-0.15, -0.1) is 11.6 Å². The summed E-state index contributed by atoms with van der Waals surface area (Å²) in [6.07, 6.45) is 4.10. The Morgan fingerprint density at radius 1 is 1.29 bits per heavy atom. The van der Waals surface area contributed by atoms with Crippen molar-refractivity contribution in [3.8, 4) is 5.75 Å². The largest absolute Gasteiger partial charge is 0.507 e. The number of nitrogens with zero attached hydrogens (tertiary/aromatic N) is 1. The molecule has 0 aliphatic carbocycles. The average molecular weight is 347 g/mol. The Labute approximate surface area is 147 Å². The number of phenols is 1. The summed E-state index contributed by atoms with van der Waals surface area (Å²) in [5.74, 6) is -0.143. The van der Waals surface area contributed by atoms with E-state index in [1.807, 2.05) is 24.3 Å². The number of rotatable bonds is 5. The van der Waals surface area contributed by atoms with Crippen molar-refractivity contribution in [2.45, 2.75) is 39.2 Å². The van der Waals surface area contributed by atoms with Crippen LogP contribution in [0.25, 0.3) is 0 Å². The predicted octanol–water partition coefficient (Wildman–Crippen LogP) is 3.53. The van der Waals surface area contributed by atoms with Crippen LogP contribution in [0.5, 0.6) is 5.75 Å². The molecule has 1 heterocycles. The highest BCUT2D eigenvalue weighted by Gasteiger charge is 2.19. The molecule has 24 heavy (non-hydrogen) atoms. The van der Waals surface area contributed by atoms with Gasteiger partial charge in [0, 0.05) is 30.9 Å². The molecule has 0 aliphatic heterocycles. The van der Waals surface area contributed by atoms with Crippen molar-refractivity contribution in [2.75, 3.05) is 5.88 Å². The minimum absolute atomic E-state index is 0.0668. The zero-order valence-corrected chi connectivity index (χ0v) is 15.0. The Morgan fingerprint density at radius 3 is 2.58 bits per heavy atom. The lowest BCUT2D eigenvalue weighted by atomic mass is 9.84. The number of hydrogen-bond acceptors (Lipinski definition) is 3. The van der Waals surface area contributed by atoms with Gasteiger partial charge >= 0.3 is 0 Å². The molecule has 0 fully saturated rings. The minimum Gasteiger partial charge on any atom is -0.507 e. The van der Waals surface area contributed by atoms with E-state index in [9.17, 15) is 9.90 Å². The van der Waals surface area contributed by atoms with E-state index in [0.29, 0.717) is 12.0 Å². The van der Waals surface area contributed by atoms with E-state index in [0.717, 1.165) is 16.7 Å². The molecule has 0 bridgehead atoms. The summed E-state index contributed by atoms with van der Waals surface area (Å²) in [5.41, 5.74) is 3.58. The molecule has 0 radical (unpaired) electrons. The molecular weight excluding hydrogens is 324 g/mol. The Hall–Kier alpha value is -2.07. The summed E-state index contributed by atoms with van der Waals surface area (Å²) >= 11 is 5.52. The van der Waals surface area contributed by atoms with Crippen molar-refractivity contribution in [3.63, 3.8) is 0 Å². The van der Waals surface area contributed by atoms with E-state index in [2.05, 4.69) is 31.1 Å². The van der Waals surface area contributed by atoms with Crippen molar-refractivity contribution in [3.05, 3.63) is 58.9 Å². The quantitative estimate of drug-likeness (QED) is 0.814. The summed E-state index contributed by atoms with van der Waals surface area (Å²) < 4.78 is 0. The molecule has 0 saturated carbocycles. The Bertz CT molecular complexity index is 709. The van der Waals surface area contributed by atoms with Gasteiger partial charge in [0.25, 0.3) is 0 Å². The zero-order chi connectivity index (χ0) is 17.7. The number of alkyl halides is 1. The summed E-state index contributed by atoms with van der Waals surface area (Å²) in [6.45, 7) is 6.61. The molecule has 2 aromatic rings. The predicted molar refractivity (Wildman–Crippen MR) is 96.4 cm³/mol. The molecule has 2 N–H and O–H groups in total. The first kappa shape index (κ1) is 18.3. The average Bonchev–Trinajstić information content (AvgIpc) is 2.55. The van der Waals surface area contributed by atoms with Gasteiger partial charge in [-0.2, -0.15) is 0 Å². The van der Waals surface area contributed by atoms with E-state index in [-0.39, 0.29) is 29.5 Å². The number of halogens is 1. The van der Waals surface area contributed by atoms with Crippen LogP contribution in [0.4, 0.5) is 0 Å². The Kier molecular flexibility index (Phi) is 5.84. The van der Waals surface area contributed by atoms with Crippen LogP contribution in [0.1, 0.15) is 43.0 Å². The van der Waals surface area contributed by atoms with Gasteiger partial charge in [-0.05, 0) is 34.2 Å². The molecule has 2 rings (SSSR count). The summed E-state index contributed by atoms with van der Waals surface area (Å²) in [5, 5.41) is 13.3. The van der Waals surface area contributed by atoms with Crippen molar-refractivity contribution in [1.29, 1.82) is 0 Å². The fourth-order valence-electron chi connectivity index (χ4n) is 2.43. The fraction of sp³-hybridized carbons (Fsp3) is 0.368. The number of hydrogen-bond donors (Lipinski definition) is 2. The highest BCUT2D eigenvalue weighted by atomic mass is 35.5. The third kappa shape index (κ3) is 4.71. The summed E-state index contributed by atoms with van der Waals surface area (Å²) in [4.78, 5) is 15.5. The first-order chi connectivity index (χ1) is 11.3. The number of pyridine rings is 1. The van der Waals surface area contributed by atoms with Crippen LogP contribution >= 0.6 is 11.6 Å². The second kappa shape index (κ2) is 7.67. The highest BCUT2D eigenvalue weighted by molar-refractivity contribution is 6.27. The number of aromatic nitrogens is 1. The first-order valence-electron chi connectivity index (χ1n) is 7.88. The van der Waals surface area contributed by atoms with Crippen molar-refractivity contribution < 1.29 is 9.90 Å². The highest BCUT2D eigenvalue weighted by Crippen LogP contribution is 2.32. The number of carbonyl (C=O) groups is 1. The first-order valence-corrected chi connectivity index (χ1v) is 8.41. The van der Waals surface area contributed by atoms with Crippen LogP contribution in [-0.2, 0) is 23.2 Å². The SMILES string of the molecule is CC(C)(C)c1cc(CNC(=O)CCl)c(O)c(Cc2cccnc2)c1. The lowest BCUT2D eigenvalue weighted by Crippen LogP contribution is -2.24. The molecule has 0 aliphatic rings. The van der Waals surface area contributed by atoms with Crippen molar-refractivity contribution >= 4 is 17.5 Å². The molecule has 0 unspecified atom stereocenters. The molecule has 0 saturated heterocycles. The maximum Gasteiger partial charge on any atom is 0.235 e. The van der Waals surface area contributed by atoms with Crippen LogP contribution in [0.15, 0.2) is 36.7 Å². The number of carbonyl (C=O) groups excluding carboxylic acids is 1. The van der Waals surface area contributed by atoms with E-state index in [4.69, 9.17) is 11.6 Å². The molecule has 4 nitrogen and oxygen atoms in total. The fourth-order valence-corrected chi connectivity index (χ4v) is 2.52. The molecular formula is C19H23ClN2O2. The van der Waals surface area contributed by atoms with Gasteiger partial charge in [-0.25, -0.2) is 0 Å². The van der Waals surface area contributed by atoms with E-state index >= 15 is 0 Å². The van der Waals surface area contributed by atoms with E-state index in [1.165, 1.54) is 0 Å². The lowest BCUT2D eigenvalue weighted by molar-refractivity contribution is -0.118. The molecule has 0 spiro atoms. The monoisotopic (exact) mass is 346 g/mol. The van der Waals surface area contributed by atoms with Gasteiger partial charge in [0.1, 0.15) is 11.6 Å². The number of aromatic hydroxyl groups is 1. The molecule has 1 aromatic carbocycles. The van der Waals surface area contributed by atoms with Crippen molar-refractivity contribution in [1.82, 2.24) is 10.3 Å². The third-order valence-electron chi connectivity index (χ3n) is 3.85. The van der Waals surface area contributed by atoms with Gasteiger partial charge in [0.05, 0.1) is 0 Å². The number of phenolic OH excluding ortho intramolecular Hbond substituents is 1. The van der Waals surface area contributed by atoms with Crippen LogP contribution in [0.2, 0.25) is 0 Å². The lowest BCUT2D eigenvalue weighted by Gasteiger charge is -2.22. The molecule has 5 heteroatoms. The van der Waals surface area contributed by atoms with Gasteiger partial charge in [-0.3, -0.25) is 9.78 Å². The number of nitrogens with one attached hydrogen (secondary N) is 1. The summed E-state index contributed by atoms with van der Waals surface area (Å²) in [7, 11) is 0. The molecule has 0 atom stereocenters. The Morgan fingerprint density at radius 2 is 2.00 bits per heavy atom. The topological polar surface area (TPSA) is 62.2 Å². The number of amides is 1. The van der Waals surface area contributed by atoms with Crippen LogP contribution in [-0.4, -0.2) is 21.9 Å².